The van der Waals surface area contributed by atoms with E-state index in [4.69, 9.17) is 4.74 Å². The number of nitrogens with zero attached hydrogens (tertiary/aromatic N) is 1. The molecule has 2 N–H and O–H groups in total. The minimum absolute atomic E-state index is 0.200. The van der Waals surface area contributed by atoms with E-state index in [-0.39, 0.29) is 5.41 Å². The summed E-state index contributed by atoms with van der Waals surface area (Å²) in [6.07, 6.45) is 6.75. The van der Waals surface area contributed by atoms with E-state index < -0.39 is 0 Å². The van der Waals surface area contributed by atoms with E-state index >= 15 is 0 Å². The van der Waals surface area contributed by atoms with Crippen LogP contribution in [0.3, 0.4) is 0 Å². The molecule has 0 bridgehead atoms. The van der Waals surface area contributed by atoms with Crippen molar-refractivity contribution >= 4 is 5.96 Å². The average Bonchev–Trinajstić information content (AvgIpc) is 2.97. The molecule has 4 nitrogen and oxygen atoms in total. The van der Waals surface area contributed by atoms with Gasteiger partial charge in [0.25, 0.3) is 0 Å². The van der Waals surface area contributed by atoms with Gasteiger partial charge in [-0.1, -0.05) is 47.0 Å². The summed E-state index contributed by atoms with van der Waals surface area (Å²) in [7, 11) is 1.87. The smallest absolute Gasteiger partial charge is 0.191 e. The van der Waals surface area contributed by atoms with Gasteiger partial charge in [0.05, 0.1) is 6.10 Å². The third-order valence-corrected chi connectivity index (χ3v) is 5.72. The van der Waals surface area contributed by atoms with Crippen molar-refractivity contribution < 1.29 is 4.74 Å². The number of ether oxygens (including phenoxy) is 1. The minimum Gasteiger partial charge on any atom is -0.377 e. The van der Waals surface area contributed by atoms with Crippen LogP contribution < -0.4 is 10.6 Å². The Kier molecular flexibility index (Phi) is 6.13. The fraction of sp³-hybridized carbons (Fsp3) is 0.944. The quantitative estimate of drug-likeness (QED) is 0.561. The molecule has 1 saturated heterocycles. The highest BCUT2D eigenvalue weighted by Gasteiger charge is 2.59. The number of nitrogens with one attached hydrogen (secondary N) is 2. The second-order valence-electron chi connectivity index (χ2n) is 7.56. The summed E-state index contributed by atoms with van der Waals surface area (Å²) in [5, 5.41) is 7.20. The Hall–Kier alpha value is -0.770. The number of fused-ring (bicyclic) bond motifs is 1. The van der Waals surface area contributed by atoms with Gasteiger partial charge in [0.15, 0.2) is 5.96 Å². The van der Waals surface area contributed by atoms with Crippen molar-refractivity contribution in [2.75, 3.05) is 20.2 Å². The van der Waals surface area contributed by atoms with Crippen LogP contribution >= 0.6 is 0 Å². The summed E-state index contributed by atoms with van der Waals surface area (Å²) in [6, 6.07) is 0.474. The first-order valence-electron chi connectivity index (χ1n) is 9.13. The summed E-state index contributed by atoms with van der Waals surface area (Å²) >= 11 is 0. The standard InChI is InChI=1S/C18H35N3O/c1-6-8-9-13(7-2)12-20-17(19-5)21-15-14-10-11-22-16(14)18(15,3)4/h13-16H,6-12H2,1-5H3,(H2,19,20,21). The van der Waals surface area contributed by atoms with Crippen LogP contribution in [-0.2, 0) is 4.74 Å². The highest BCUT2D eigenvalue weighted by molar-refractivity contribution is 5.80. The van der Waals surface area contributed by atoms with Gasteiger partial charge in [-0.05, 0) is 18.8 Å². The highest BCUT2D eigenvalue weighted by atomic mass is 16.5. The third-order valence-electron chi connectivity index (χ3n) is 5.72. The molecule has 4 atom stereocenters. The van der Waals surface area contributed by atoms with Crippen molar-refractivity contribution in [1.29, 1.82) is 0 Å². The van der Waals surface area contributed by atoms with Crippen molar-refractivity contribution in [3.05, 3.63) is 0 Å². The molecule has 0 spiro atoms. The molecule has 0 radical (unpaired) electrons. The minimum atomic E-state index is 0.200. The molecule has 4 heteroatoms. The molecule has 0 aromatic heterocycles. The molecule has 0 amide bonds. The predicted molar refractivity (Wildman–Crippen MR) is 93.2 cm³/mol. The number of hydrogen-bond acceptors (Lipinski definition) is 2. The molecule has 1 saturated carbocycles. The van der Waals surface area contributed by atoms with Gasteiger partial charge in [-0.3, -0.25) is 4.99 Å². The maximum absolute atomic E-state index is 5.87. The first kappa shape index (κ1) is 17.6. The molecule has 4 unspecified atom stereocenters. The van der Waals surface area contributed by atoms with E-state index in [2.05, 4.69) is 43.3 Å². The summed E-state index contributed by atoms with van der Waals surface area (Å²) < 4.78 is 5.87. The first-order chi connectivity index (χ1) is 10.5. The first-order valence-corrected chi connectivity index (χ1v) is 9.13. The van der Waals surface area contributed by atoms with Gasteiger partial charge < -0.3 is 15.4 Å². The van der Waals surface area contributed by atoms with Crippen LogP contribution in [-0.4, -0.2) is 38.3 Å². The van der Waals surface area contributed by atoms with Crippen LogP contribution in [0.25, 0.3) is 0 Å². The Morgan fingerprint density at radius 2 is 2.14 bits per heavy atom. The van der Waals surface area contributed by atoms with E-state index in [0.29, 0.717) is 18.1 Å². The lowest BCUT2D eigenvalue weighted by molar-refractivity contribution is -0.106. The number of unbranched alkanes of at least 4 members (excludes halogenated alkanes) is 1. The van der Waals surface area contributed by atoms with Crippen LogP contribution in [0, 0.1) is 17.3 Å². The van der Waals surface area contributed by atoms with E-state index in [1.165, 1.54) is 32.1 Å². The van der Waals surface area contributed by atoms with E-state index in [1.807, 2.05) is 7.05 Å². The average molecular weight is 309 g/mol. The molecule has 0 aromatic carbocycles. The SMILES string of the molecule is CCCCC(CC)CNC(=NC)NC1C2CCOC2C1(C)C. The van der Waals surface area contributed by atoms with Crippen LogP contribution in [0.4, 0.5) is 0 Å². The summed E-state index contributed by atoms with van der Waals surface area (Å²) in [4.78, 5) is 4.43. The molecule has 0 aromatic rings. The van der Waals surface area contributed by atoms with E-state index in [0.717, 1.165) is 25.0 Å². The largest absolute Gasteiger partial charge is 0.377 e. The molecular weight excluding hydrogens is 274 g/mol. The molecule has 2 aliphatic rings. The highest BCUT2D eigenvalue weighted by Crippen LogP contribution is 2.52. The van der Waals surface area contributed by atoms with Gasteiger partial charge in [0.1, 0.15) is 0 Å². The van der Waals surface area contributed by atoms with Crippen LogP contribution in [0.1, 0.15) is 59.8 Å². The number of hydrogen-bond donors (Lipinski definition) is 2. The van der Waals surface area contributed by atoms with E-state index in [1.54, 1.807) is 0 Å². The molecule has 1 aliphatic carbocycles. The Morgan fingerprint density at radius 3 is 2.77 bits per heavy atom. The molecule has 22 heavy (non-hydrogen) atoms. The Morgan fingerprint density at radius 1 is 1.36 bits per heavy atom. The van der Waals surface area contributed by atoms with Gasteiger partial charge in [0, 0.05) is 37.6 Å². The maximum atomic E-state index is 5.87. The topological polar surface area (TPSA) is 45.7 Å². The zero-order valence-corrected chi connectivity index (χ0v) is 15.1. The fourth-order valence-electron chi connectivity index (χ4n) is 4.14. The second-order valence-corrected chi connectivity index (χ2v) is 7.56. The fourth-order valence-corrected chi connectivity index (χ4v) is 4.14. The lowest BCUT2D eigenvalue weighted by Gasteiger charge is -2.55. The number of guanidine groups is 1. The molecule has 2 fully saturated rings. The van der Waals surface area contributed by atoms with Gasteiger partial charge in [-0.15, -0.1) is 0 Å². The van der Waals surface area contributed by atoms with Crippen molar-refractivity contribution in [2.24, 2.45) is 22.2 Å². The van der Waals surface area contributed by atoms with Crippen LogP contribution in [0.15, 0.2) is 4.99 Å². The Balaban J connectivity index is 1.82. The third kappa shape index (κ3) is 3.58. The number of aliphatic imine (C=N–C) groups is 1. The van der Waals surface area contributed by atoms with Crippen LogP contribution in [0.2, 0.25) is 0 Å². The summed E-state index contributed by atoms with van der Waals surface area (Å²) in [5.74, 6) is 2.35. The summed E-state index contributed by atoms with van der Waals surface area (Å²) in [6.45, 7) is 11.1. The van der Waals surface area contributed by atoms with Gasteiger partial charge in [0.2, 0.25) is 0 Å². The lowest BCUT2D eigenvalue weighted by atomic mass is 9.57. The van der Waals surface area contributed by atoms with Crippen molar-refractivity contribution in [3.8, 4) is 0 Å². The molecule has 2 rings (SSSR count). The molecule has 128 valence electrons. The maximum Gasteiger partial charge on any atom is 0.191 e. The van der Waals surface area contributed by atoms with E-state index in [9.17, 15) is 0 Å². The van der Waals surface area contributed by atoms with Gasteiger partial charge >= 0.3 is 0 Å². The zero-order valence-electron chi connectivity index (χ0n) is 15.1. The Bertz CT molecular complexity index is 381. The normalized spacial score (nSPS) is 31.3. The monoisotopic (exact) mass is 309 g/mol. The molecule has 1 heterocycles. The lowest BCUT2D eigenvalue weighted by Crippen LogP contribution is -2.68. The van der Waals surface area contributed by atoms with Crippen molar-refractivity contribution in [1.82, 2.24) is 10.6 Å². The zero-order chi connectivity index (χ0) is 16.2. The molecule has 1 aliphatic heterocycles. The van der Waals surface area contributed by atoms with Crippen molar-refractivity contribution in [3.63, 3.8) is 0 Å². The van der Waals surface area contributed by atoms with Gasteiger partial charge in [-0.25, -0.2) is 0 Å². The molecular formula is C18H35N3O. The predicted octanol–water partition coefficient (Wildman–Crippen LogP) is 3.18. The number of rotatable bonds is 7. The second kappa shape index (κ2) is 7.67. The van der Waals surface area contributed by atoms with Crippen LogP contribution in [0.5, 0.6) is 0 Å². The Labute approximate surface area is 136 Å². The summed E-state index contributed by atoms with van der Waals surface area (Å²) in [5.41, 5.74) is 0.200. The van der Waals surface area contributed by atoms with Crippen molar-refractivity contribution in [2.45, 2.75) is 71.9 Å². The van der Waals surface area contributed by atoms with Gasteiger partial charge in [-0.2, -0.15) is 0 Å².